The molecule has 0 atom stereocenters. The quantitative estimate of drug-likeness (QED) is 0.150. The third-order valence-electron chi connectivity index (χ3n) is 12.0. The van der Waals surface area contributed by atoms with E-state index in [0.717, 1.165) is 25.1 Å². The molecule has 0 aliphatic carbocycles. The zero-order valence-corrected chi connectivity index (χ0v) is 41.3. The Morgan fingerprint density at radius 3 is 1.70 bits per heavy atom. The molecule has 0 bridgehead atoms. The number of piperazine rings is 2. The smallest absolute Gasteiger partial charge is 0.277 e. The molecule has 20 nitrogen and oxygen atoms in total. The Bertz CT molecular complexity index is 3080. The molecule has 0 radical (unpaired) electrons. The van der Waals surface area contributed by atoms with Crippen LogP contribution in [0.15, 0.2) is 55.8 Å². The van der Waals surface area contributed by atoms with E-state index in [1.165, 1.54) is 13.3 Å². The molecule has 2 aromatic carbocycles. The van der Waals surface area contributed by atoms with Crippen molar-refractivity contribution in [3.63, 3.8) is 0 Å². The van der Waals surface area contributed by atoms with Gasteiger partial charge in [-0.2, -0.15) is 13.7 Å². The summed E-state index contributed by atoms with van der Waals surface area (Å²) in [7, 11) is -3.72. The van der Waals surface area contributed by atoms with Gasteiger partial charge in [-0.1, -0.05) is 27.2 Å². The van der Waals surface area contributed by atoms with Crippen molar-refractivity contribution >= 4 is 36.6 Å². The summed E-state index contributed by atoms with van der Waals surface area (Å²) in [6.45, 7) is 17.8. The first-order chi connectivity index (χ1) is 32.0. The molecule has 2 fully saturated rings. The second-order valence-electron chi connectivity index (χ2n) is 16.6. The Morgan fingerprint density at radius 2 is 1.16 bits per heavy atom. The lowest BCUT2D eigenvalue weighted by molar-refractivity contribution is 0.196. The first-order valence-electron chi connectivity index (χ1n) is 23.0. The van der Waals surface area contributed by atoms with Crippen LogP contribution >= 0.6 is 0 Å². The van der Waals surface area contributed by atoms with E-state index in [0.29, 0.717) is 129 Å². The van der Waals surface area contributed by atoms with Crippen LogP contribution in [0.25, 0.3) is 39.3 Å². The number of benzene rings is 2. The Labute approximate surface area is 391 Å². The second kappa shape index (κ2) is 20.8. The number of nitrogens with one attached hydrogen (secondary N) is 2. The molecular formula is C45H62N12O8S2. The summed E-state index contributed by atoms with van der Waals surface area (Å²) >= 11 is 0. The maximum Gasteiger partial charge on any atom is 0.277 e. The monoisotopic (exact) mass is 962 g/mol. The third-order valence-corrected chi connectivity index (χ3v) is 15.8. The molecule has 0 spiro atoms. The molecule has 2 saturated heterocycles. The van der Waals surface area contributed by atoms with Gasteiger partial charge in [0, 0.05) is 65.8 Å². The fourth-order valence-electron chi connectivity index (χ4n) is 8.41. The normalized spacial score (nSPS) is 15.8. The summed E-state index contributed by atoms with van der Waals surface area (Å²) in [5, 5.41) is 9.10. The average Bonchev–Trinajstić information content (AvgIpc) is 3.81. The second-order valence-corrected chi connectivity index (χ2v) is 20.5. The maximum atomic E-state index is 13.4. The minimum atomic E-state index is -3.71. The molecule has 22 heteroatoms. The van der Waals surface area contributed by atoms with Gasteiger partial charge in [-0.25, -0.2) is 31.3 Å². The minimum absolute atomic E-state index is 0.147. The highest BCUT2D eigenvalue weighted by Crippen LogP contribution is 2.34. The molecule has 6 heterocycles. The topological polar surface area (TPSA) is 226 Å². The number of aryl methyl sites for hydroxylation is 4. The predicted molar refractivity (Wildman–Crippen MR) is 256 cm³/mol. The molecule has 6 aromatic rings. The number of likely N-dealkylation sites (N-methyl/N-ethyl adjacent to an activating group) is 2. The van der Waals surface area contributed by atoms with Gasteiger partial charge in [0.15, 0.2) is 16.9 Å². The van der Waals surface area contributed by atoms with Gasteiger partial charge >= 0.3 is 0 Å². The summed E-state index contributed by atoms with van der Waals surface area (Å²) in [6.07, 6.45) is 3.06. The van der Waals surface area contributed by atoms with Crippen molar-refractivity contribution in [3.8, 4) is 34.3 Å². The van der Waals surface area contributed by atoms with E-state index in [1.54, 1.807) is 54.9 Å². The predicted octanol–water partition coefficient (Wildman–Crippen LogP) is 3.68. The molecule has 0 saturated carbocycles. The van der Waals surface area contributed by atoms with Crippen molar-refractivity contribution < 1.29 is 26.3 Å². The number of hydrogen-bond acceptors (Lipinski definition) is 14. The standard InChI is InChI=1S/C23H32N6O4S.C22H30N6O4S/c1-5-8-20-24-16(4)21-23(30)25-22(26-29(20)21)18-15-17(9-10-19(18)33-7-3)34(31,32)28-13-11-27(6-2)12-14-28;1-5-7-17-19-20(27(4)25-17)22(29)24-21(23-19)16-14-15(8-9-18(16)32-6-2)33(30,31)28-12-10-26(3)11-13-28/h9-10,15H,5-8,11-14H2,1-4H3,(H,25,26,30);8-9,14H,5-7,10-13H2,1-4H3,(H,23,24,29). The van der Waals surface area contributed by atoms with E-state index in [4.69, 9.17) is 14.5 Å². The summed E-state index contributed by atoms with van der Waals surface area (Å²) < 4.78 is 71.1. The summed E-state index contributed by atoms with van der Waals surface area (Å²) in [5.41, 5.74) is 2.83. The molecule has 2 aliphatic rings. The maximum absolute atomic E-state index is 13.4. The van der Waals surface area contributed by atoms with E-state index in [9.17, 15) is 26.4 Å². The van der Waals surface area contributed by atoms with Crippen molar-refractivity contribution in [1.29, 1.82) is 0 Å². The minimum Gasteiger partial charge on any atom is -0.493 e. The van der Waals surface area contributed by atoms with E-state index in [-0.39, 0.29) is 32.6 Å². The number of H-pyrrole nitrogens is 2. The highest BCUT2D eigenvalue weighted by atomic mass is 32.2. The van der Waals surface area contributed by atoms with E-state index in [2.05, 4.69) is 41.9 Å². The molecule has 4 aromatic heterocycles. The number of rotatable bonds is 15. The van der Waals surface area contributed by atoms with Crippen molar-refractivity contribution in [1.82, 2.24) is 57.7 Å². The molecule has 2 aliphatic heterocycles. The Hall–Kier alpha value is -5.52. The summed E-state index contributed by atoms with van der Waals surface area (Å²) in [5.74, 6) is 2.10. The number of aromatic nitrogens is 8. The Kier molecular flexibility index (Phi) is 15.3. The van der Waals surface area contributed by atoms with E-state index < -0.39 is 20.0 Å². The molecule has 0 amide bonds. The van der Waals surface area contributed by atoms with Crippen molar-refractivity contribution in [2.45, 2.75) is 77.0 Å². The van der Waals surface area contributed by atoms with Crippen molar-refractivity contribution in [2.24, 2.45) is 7.05 Å². The number of imidazole rings is 1. The van der Waals surface area contributed by atoms with Crippen LogP contribution in [0.1, 0.15) is 64.7 Å². The fraction of sp³-hybridized carbons (Fsp3) is 0.511. The number of sulfonamides is 2. The number of fused-ring (bicyclic) bond motifs is 2. The van der Waals surface area contributed by atoms with Crippen LogP contribution in [-0.4, -0.2) is 154 Å². The first-order valence-corrected chi connectivity index (χ1v) is 25.8. The van der Waals surface area contributed by atoms with Gasteiger partial charge in [-0.05, 0) is 83.6 Å². The van der Waals surface area contributed by atoms with Gasteiger partial charge in [0.1, 0.15) is 28.7 Å². The van der Waals surface area contributed by atoms with E-state index in [1.807, 2.05) is 34.7 Å². The van der Waals surface area contributed by atoms with Crippen molar-refractivity contribution in [3.05, 3.63) is 74.3 Å². The lowest BCUT2D eigenvalue weighted by Gasteiger charge is -2.33. The van der Waals surface area contributed by atoms with Gasteiger partial charge in [0.2, 0.25) is 20.0 Å². The molecule has 0 unspecified atom stereocenters. The largest absolute Gasteiger partial charge is 0.493 e. The molecule has 362 valence electrons. The van der Waals surface area contributed by atoms with Crippen LogP contribution in [0.2, 0.25) is 0 Å². The number of aromatic amines is 2. The van der Waals surface area contributed by atoms with Gasteiger partial charge in [-0.15, -0.1) is 5.10 Å². The van der Waals surface area contributed by atoms with Crippen LogP contribution < -0.4 is 20.6 Å². The lowest BCUT2D eigenvalue weighted by Crippen LogP contribution is -2.48. The van der Waals surface area contributed by atoms with Gasteiger partial charge in [0.25, 0.3) is 11.1 Å². The number of nitrogens with zero attached hydrogens (tertiary/aromatic N) is 10. The molecule has 2 N–H and O–H groups in total. The average molecular weight is 963 g/mol. The SMILES string of the molecule is CCCc1nc(C)c2c(=O)[nH]c(-c3cc(S(=O)(=O)N4CCN(CC)CC4)ccc3OCC)nn12.CCCc1nn(C)c2c(=O)[nH]c(-c3cc(S(=O)(=O)N4CCN(C)CC4)ccc3OCC)nc12. The van der Waals surface area contributed by atoms with Gasteiger partial charge < -0.3 is 29.2 Å². The van der Waals surface area contributed by atoms with Crippen LogP contribution in [0, 0.1) is 6.92 Å². The van der Waals surface area contributed by atoms with Crippen LogP contribution in [0.5, 0.6) is 11.5 Å². The lowest BCUT2D eigenvalue weighted by atomic mass is 10.1. The van der Waals surface area contributed by atoms with Crippen LogP contribution in [0.3, 0.4) is 0 Å². The zero-order valence-electron chi connectivity index (χ0n) is 39.6. The third kappa shape index (κ3) is 10.2. The number of ether oxygens (including phenoxy) is 2. The first kappa shape index (κ1) is 49.4. The van der Waals surface area contributed by atoms with Gasteiger partial charge in [0.05, 0.1) is 45.5 Å². The van der Waals surface area contributed by atoms with E-state index >= 15 is 0 Å². The fourth-order valence-corrected chi connectivity index (χ4v) is 11.3. The molecule has 8 rings (SSSR count). The molecule has 67 heavy (non-hydrogen) atoms. The van der Waals surface area contributed by atoms with Crippen LogP contribution in [0.4, 0.5) is 0 Å². The number of hydrogen-bond donors (Lipinski definition) is 2. The highest BCUT2D eigenvalue weighted by molar-refractivity contribution is 7.89. The Morgan fingerprint density at radius 1 is 0.642 bits per heavy atom. The summed E-state index contributed by atoms with van der Waals surface area (Å²) in [4.78, 5) is 45.3. The van der Waals surface area contributed by atoms with Crippen molar-refractivity contribution in [2.75, 3.05) is 79.2 Å². The summed E-state index contributed by atoms with van der Waals surface area (Å²) in [6, 6.07) is 9.44. The van der Waals surface area contributed by atoms with Gasteiger partial charge in [-0.3, -0.25) is 14.3 Å². The Balaban J connectivity index is 0.000000199. The van der Waals surface area contributed by atoms with Crippen LogP contribution in [-0.2, 0) is 39.9 Å². The highest BCUT2D eigenvalue weighted by Gasteiger charge is 2.31. The molecular weight excluding hydrogens is 901 g/mol. The zero-order chi connectivity index (χ0) is 48.2.